The minimum Gasteiger partial charge on any atom is -0.380 e. The van der Waals surface area contributed by atoms with Crippen molar-refractivity contribution in [3.05, 3.63) is 22.7 Å². The first-order valence-electron chi connectivity index (χ1n) is 5.51. The standard InChI is InChI=1S/C11H17BrN2O3S/c1-3-17-7-8(2)14-11-5-4-9(6-10(11)12)18(13,15)16/h4-6,8,14H,3,7H2,1-2H3,(H2,13,15,16). The SMILES string of the molecule is CCOCC(C)Nc1ccc(S(N)(=O)=O)cc1Br. The van der Waals surface area contributed by atoms with Crippen molar-refractivity contribution in [2.24, 2.45) is 5.14 Å². The van der Waals surface area contributed by atoms with E-state index >= 15 is 0 Å². The Morgan fingerprint density at radius 3 is 2.67 bits per heavy atom. The third-order valence-electron chi connectivity index (χ3n) is 2.24. The fourth-order valence-corrected chi connectivity index (χ4v) is 2.58. The zero-order valence-corrected chi connectivity index (χ0v) is 12.7. The first-order chi connectivity index (χ1) is 8.34. The first-order valence-corrected chi connectivity index (χ1v) is 7.85. The van der Waals surface area contributed by atoms with Gasteiger partial charge < -0.3 is 10.1 Å². The summed E-state index contributed by atoms with van der Waals surface area (Å²) in [6, 6.07) is 4.74. The molecule has 3 N–H and O–H groups in total. The minimum atomic E-state index is -3.67. The van der Waals surface area contributed by atoms with Gasteiger partial charge in [0.25, 0.3) is 0 Å². The third-order valence-corrected chi connectivity index (χ3v) is 3.81. The van der Waals surface area contributed by atoms with E-state index in [4.69, 9.17) is 9.88 Å². The molecule has 1 aromatic rings. The van der Waals surface area contributed by atoms with Crippen molar-refractivity contribution in [3.63, 3.8) is 0 Å². The van der Waals surface area contributed by atoms with Crippen LogP contribution in [0.3, 0.4) is 0 Å². The van der Waals surface area contributed by atoms with Crippen molar-refractivity contribution in [3.8, 4) is 0 Å². The Bertz CT molecular complexity index is 505. The van der Waals surface area contributed by atoms with Crippen LogP contribution in [0.15, 0.2) is 27.6 Å². The molecule has 0 heterocycles. The number of benzene rings is 1. The molecule has 0 aliphatic rings. The van der Waals surface area contributed by atoms with Crippen LogP contribution in [0.25, 0.3) is 0 Å². The highest BCUT2D eigenvalue weighted by Gasteiger charge is 2.11. The monoisotopic (exact) mass is 336 g/mol. The van der Waals surface area contributed by atoms with E-state index in [1.807, 2.05) is 13.8 Å². The van der Waals surface area contributed by atoms with Crippen molar-refractivity contribution in [2.45, 2.75) is 24.8 Å². The summed E-state index contributed by atoms with van der Waals surface area (Å²) in [6.45, 7) is 5.16. The second-order valence-corrected chi connectivity index (χ2v) is 6.31. The van der Waals surface area contributed by atoms with Crippen LogP contribution in [-0.2, 0) is 14.8 Å². The fraction of sp³-hybridized carbons (Fsp3) is 0.455. The molecule has 7 heteroatoms. The molecule has 18 heavy (non-hydrogen) atoms. The summed E-state index contributed by atoms with van der Waals surface area (Å²) in [7, 11) is -3.67. The summed E-state index contributed by atoms with van der Waals surface area (Å²) in [4.78, 5) is 0.0809. The Kier molecular flexibility index (Phi) is 5.58. The van der Waals surface area contributed by atoms with Gasteiger partial charge in [-0.3, -0.25) is 0 Å². The van der Waals surface area contributed by atoms with Gasteiger partial charge in [-0.15, -0.1) is 0 Å². The number of primary sulfonamides is 1. The molecule has 1 atom stereocenters. The highest BCUT2D eigenvalue weighted by atomic mass is 79.9. The molecule has 0 amide bonds. The quantitative estimate of drug-likeness (QED) is 0.831. The molecule has 0 saturated carbocycles. The number of halogens is 1. The van der Waals surface area contributed by atoms with Gasteiger partial charge in [-0.1, -0.05) is 0 Å². The second kappa shape index (κ2) is 6.51. The van der Waals surface area contributed by atoms with E-state index in [1.165, 1.54) is 12.1 Å². The molecule has 5 nitrogen and oxygen atoms in total. The topological polar surface area (TPSA) is 81.4 Å². The number of ether oxygens (including phenoxy) is 1. The van der Waals surface area contributed by atoms with Gasteiger partial charge in [0.2, 0.25) is 10.0 Å². The summed E-state index contributed by atoms with van der Waals surface area (Å²) >= 11 is 3.31. The summed E-state index contributed by atoms with van der Waals surface area (Å²) < 4.78 is 28.3. The van der Waals surface area contributed by atoms with Crippen LogP contribution in [0.2, 0.25) is 0 Å². The van der Waals surface area contributed by atoms with E-state index in [0.29, 0.717) is 17.7 Å². The number of nitrogens with two attached hydrogens (primary N) is 1. The minimum absolute atomic E-state index is 0.0809. The summed E-state index contributed by atoms with van der Waals surface area (Å²) in [6.07, 6.45) is 0. The normalized spacial score (nSPS) is 13.3. The average molecular weight is 337 g/mol. The molecular weight excluding hydrogens is 320 g/mol. The van der Waals surface area contributed by atoms with Gasteiger partial charge in [-0.25, -0.2) is 13.6 Å². The van der Waals surface area contributed by atoms with Gasteiger partial charge >= 0.3 is 0 Å². The summed E-state index contributed by atoms with van der Waals surface area (Å²) in [5.41, 5.74) is 0.801. The van der Waals surface area contributed by atoms with E-state index in [2.05, 4.69) is 21.2 Å². The van der Waals surface area contributed by atoms with Gasteiger partial charge in [0, 0.05) is 22.8 Å². The highest BCUT2D eigenvalue weighted by molar-refractivity contribution is 9.10. The van der Waals surface area contributed by atoms with Crippen LogP contribution < -0.4 is 10.5 Å². The van der Waals surface area contributed by atoms with Crippen molar-refractivity contribution >= 4 is 31.6 Å². The van der Waals surface area contributed by atoms with Crippen LogP contribution in [0.1, 0.15) is 13.8 Å². The molecule has 0 saturated heterocycles. The molecule has 1 rings (SSSR count). The lowest BCUT2D eigenvalue weighted by atomic mass is 10.3. The molecule has 1 unspecified atom stereocenters. The Morgan fingerprint density at radius 1 is 1.50 bits per heavy atom. The Balaban J connectivity index is 2.80. The Labute approximate surface area is 116 Å². The van der Waals surface area contributed by atoms with Gasteiger partial charge in [0.05, 0.1) is 11.5 Å². The van der Waals surface area contributed by atoms with Crippen LogP contribution in [0.5, 0.6) is 0 Å². The molecule has 0 spiro atoms. The van der Waals surface area contributed by atoms with E-state index in [0.717, 1.165) is 5.69 Å². The lowest BCUT2D eigenvalue weighted by molar-refractivity contribution is 0.141. The van der Waals surface area contributed by atoms with Crippen molar-refractivity contribution in [1.82, 2.24) is 0 Å². The van der Waals surface area contributed by atoms with E-state index in [-0.39, 0.29) is 10.9 Å². The van der Waals surface area contributed by atoms with Gasteiger partial charge in [-0.05, 0) is 48.0 Å². The molecule has 0 bridgehead atoms. The number of nitrogens with one attached hydrogen (secondary N) is 1. The molecule has 0 fully saturated rings. The molecule has 0 aromatic heterocycles. The maximum Gasteiger partial charge on any atom is 0.238 e. The Hall–Kier alpha value is -0.630. The zero-order valence-electron chi connectivity index (χ0n) is 10.3. The van der Waals surface area contributed by atoms with Crippen molar-refractivity contribution in [2.75, 3.05) is 18.5 Å². The lowest BCUT2D eigenvalue weighted by Crippen LogP contribution is -2.22. The molecule has 0 aliphatic carbocycles. The Morgan fingerprint density at radius 2 is 2.17 bits per heavy atom. The zero-order chi connectivity index (χ0) is 13.8. The maximum atomic E-state index is 11.2. The number of hydrogen-bond donors (Lipinski definition) is 2. The summed E-state index contributed by atoms with van der Waals surface area (Å²) in [5.74, 6) is 0. The number of hydrogen-bond acceptors (Lipinski definition) is 4. The fourth-order valence-electron chi connectivity index (χ4n) is 1.39. The van der Waals surface area contributed by atoms with Gasteiger partial charge in [-0.2, -0.15) is 0 Å². The highest BCUT2D eigenvalue weighted by Crippen LogP contribution is 2.25. The van der Waals surface area contributed by atoms with E-state index < -0.39 is 10.0 Å². The lowest BCUT2D eigenvalue weighted by Gasteiger charge is -2.16. The van der Waals surface area contributed by atoms with Crippen molar-refractivity contribution in [1.29, 1.82) is 0 Å². The maximum absolute atomic E-state index is 11.2. The third kappa shape index (κ3) is 4.56. The smallest absolute Gasteiger partial charge is 0.238 e. The van der Waals surface area contributed by atoms with Crippen LogP contribution >= 0.6 is 15.9 Å². The summed E-state index contributed by atoms with van der Waals surface area (Å²) in [5, 5.41) is 8.27. The molecule has 102 valence electrons. The van der Waals surface area contributed by atoms with E-state index in [9.17, 15) is 8.42 Å². The number of rotatable bonds is 6. The van der Waals surface area contributed by atoms with Gasteiger partial charge in [0.1, 0.15) is 0 Å². The molecule has 0 radical (unpaired) electrons. The molecule has 0 aliphatic heterocycles. The number of sulfonamides is 1. The van der Waals surface area contributed by atoms with Crippen LogP contribution in [0.4, 0.5) is 5.69 Å². The largest absolute Gasteiger partial charge is 0.380 e. The van der Waals surface area contributed by atoms with Crippen LogP contribution in [0, 0.1) is 0 Å². The second-order valence-electron chi connectivity index (χ2n) is 3.89. The average Bonchev–Trinajstić information content (AvgIpc) is 2.27. The predicted octanol–water partition coefficient (Wildman–Crippen LogP) is 1.93. The van der Waals surface area contributed by atoms with Crippen LogP contribution in [-0.4, -0.2) is 27.7 Å². The van der Waals surface area contributed by atoms with Crippen molar-refractivity contribution < 1.29 is 13.2 Å². The first kappa shape index (κ1) is 15.4. The van der Waals surface area contributed by atoms with Gasteiger partial charge in [0.15, 0.2) is 0 Å². The molecule has 1 aromatic carbocycles. The number of anilines is 1. The van der Waals surface area contributed by atoms with E-state index in [1.54, 1.807) is 6.07 Å². The predicted molar refractivity (Wildman–Crippen MR) is 75.1 cm³/mol. The molecular formula is C11H17BrN2O3S.